The Morgan fingerprint density at radius 2 is 0.629 bits per heavy atom. The summed E-state index contributed by atoms with van der Waals surface area (Å²) >= 11 is 0. The lowest BCUT2D eigenvalue weighted by Gasteiger charge is -2.40. The van der Waals surface area contributed by atoms with Gasteiger partial charge < -0.3 is 0 Å². The standard InChI is InChI=1S/C55H91NP2Si4/c1-14-20-42-61(43-21-15-2,44-22-16-3)50-38-34-48(35-39-50)57(52-30-26-28-32-54(52)59(8,9)10)56(7)58(53-31-27-29-33-55(53)60(11,12)13)49-36-40-51(41-37-49)62(45-23-17-4,46-24-18-5)47-25-19-6/h26-41H,14-25,42-47H2,1-13H3. The zero-order valence-corrected chi connectivity index (χ0v) is 48.1. The van der Waals surface area contributed by atoms with Gasteiger partial charge in [-0.15, -0.1) is 0 Å². The summed E-state index contributed by atoms with van der Waals surface area (Å²) in [6.07, 6.45) is 16.1. The molecular weight excluding hydrogens is 849 g/mol. The van der Waals surface area contributed by atoms with Crippen molar-refractivity contribution in [3.63, 3.8) is 0 Å². The second-order valence-electron chi connectivity index (χ2n) is 20.9. The Kier molecular flexibility index (Phi) is 21.8. The molecule has 4 aromatic carbocycles. The minimum atomic E-state index is -1.69. The van der Waals surface area contributed by atoms with Crippen LogP contribution in [0.5, 0.6) is 0 Å². The summed E-state index contributed by atoms with van der Waals surface area (Å²) < 4.78 is 2.94. The lowest BCUT2D eigenvalue weighted by atomic mass is 10.3. The van der Waals surface area contributed by atoms with Gasteiger partial charge in [0.15, 0.2) is 0 Å². The lowest BCUT2D eigenvalue weighted by Crippen LogP contribution is -2.50. The first-order valence-corrected chi connectivity index (χ1v) is 40.2. The van der Waals surface area contributed by atoms with Crippen molar-refractivity contribution < 1.29 is 0 Å². The van der Waals surface area contributed by atoms with Crippen LogP contribution < -0.4 is 42.0 Å². The van der Waals surface area contributed by atoms with E-state index in [1.807, 2.05) is 0 Å². The summed E-state index contributed by atoms with van der Waals surface area (Å²) in [5.41, 5.74) is 0. The fourth-order valence-corrected chi connectivity index (χ4v) is 32.6. The van der Waals surface area contributed by atoms with Gasteiger partial charge in [0, 0.05) is 16.1 Å². The molecule has 0 saturated heterocycles. The second kappa shape index (κ2) is 25.5. The van der Waals surface area contributed by atoms with E-state index < -0.39 is 48.4 Å². The smallest absolute Gasteiger partial charge is 0.0867 e. The first kappa shape index (κ1) is 53.2. The first-order chi connectivity index (χ1) is 29.7. The Morgan fingerprint density at radius 3 is 0.871 bits per heavy atom. The number of nitrogens with zero attached hydrogens (tertiary/aromatic N) is 1. The van der Waals surface area contributed by atoms with E-state index in [9.17, 15) is 0 Å². The van der Waals surface area contributed by atoms with Crippen molar-refractivity contribution in [1.29, 1.82) is 0 Å². The number of rotatable bonds is 28. The molecule has 0 aliphatic rings. The van der Waals surface area contributed by atoms with Crippen LogP contribution in [0.25, 0.3) is 0 Å². The molecule has 0 aliphatic heterocycles. The Bertz CT molecular complexity index is 1700. The summed E-state index contributed by atoms with van der Waals surface area (Å²) in [5, 5.41) is 12.9. The molecule has 4 rings (SSSR count). The molecule has 0 N–H and O–H groups in total. The van der Waals surface area contributed by atoms with Crippen LogP contribution in [-0.2, 0) is 0 Å². The highest BCUT2D eigenvalue weighted by Gasteiger charge is 2.38. The average molecular weight is 941 g/mol. The monoisotopic (exact) mass is 940 g/mol. The lowest BCUT2D eigenvalue weighted by molar-refractivity contribution is 0.800. The van der Waals surface area contributed by atoms with E-state index in [1.54, 1.807) is 31.4 Å². The molecule has 0 bridgehead atoms. The van der Waals surface area contributed by atoms with Crippen LogP contribution in [0.15, 0.2) is 97.1 Å². The van der Waals surface area contributed by atoms with Gasteiger partial charge in [0.25, 0.3) is 0 Å². The third-order valence-electron chi connectivity index (χ3n) is 14.0. The molecule has 0 heterocycles. The summed E-state index contributed by atoms with van der Waals surface area (Å²) in [6, 6.07) is 49.3. The van der Waals surface area contributed by atoms with Crippen LogP contribution >= 0.6 is 16.1 Å². The van der Waals surface area contributed by atoms with E-state index in [1.165, 1.54) is 124 Å². The molecule has 2 unspecified atom stereocenters. The third-order valence-corrected chi connectivity index (χ3v) is 35.0. The number of hydrogen-bond acceptors (Lipinski definition) is 1. The topological polar surface area (TPSA) is 3.24 Å². The molecule has 7 heteroatoms. The molecule has 4 aromatic rings. The van der Waals surface area contributed by atoms with Gasteiger partial charge in [-0.3, -0.25) is 0 Å². The minimum Gasteiger partial charge on any atom is -0.248 e. The highest BCUT2D eigenvalue weighted by Crippen LogP contribution is 2.53. The molecule has 1 nitrogen and oxygen atoms in total. The van der Waals surface area contributed by atoms with Gasteiger partial charge in [0.2, 0.25) is 0 Å². The van der Waals surface area contributed by atoms with E-state index in [2.05, 4.69) is 189 Å². The van der Waals surface area contributed by atoms with Gasteiger partial charge in [-0.1, -0.05) is 312 Å². The largest absolute Gasteiger partial charge is 0.248 e. The van der Waals surface area contributed by atoms with Crippen molar-refractivity contribution >= 4 is 90.4 Å². The fraction of sp³-hybridized carbons (Fsp3) is 0.564. The fourth-order valence-electron chi connectivity index (χ4n) is 10.2. The molecule has 0 spiro atoms. The van der Waals surface area contributed by atoms with E-state index in [0.717, 1.165) is 0 Å². The summed E-state index contributed by atoms with van der Waals surface area (Å²) in [5.74, 6) is 0. The molecule has 62 heavy (non-hydrogen) atoms. The maximum absolute atomic E-state index is 2.94. The first-order valence-electron chi connectivity index (χ1n) is 25.4. The molecule has 2 atom stereocenters. The zero-order valence-electron chi connectivity index (χ0n) is 42.3. The highest BCUT2D eigenvalue weighted by molar-refractivity contribution is 7.85. The van der Waals surface area contributed by atoms with E-state index in [0.29, 0.717) is 0 Å². The quantitative estimate of drug-likeness (QED) is 0.0405. The van der Waals surface area contributed by atoms with Crippen molar-refractivity contribution in [3.05, 3.63) is 97.1 Å². The van der Waals surface area contributed by atoms with Crippen LogP contribution in [0, 0.1) is 0 Å². The van der Waals surface area contributed by atoms with E-state index in [-0.39, 0.29) is 0 Å². The Hall–Kier alpha value is -1.43. The van der Waals surface area contributed by atoms with Crippen LogP contribution in [0.4, 0.5) is 0 Å². The van der Waals surface area contributed by atoms with E-state index in [4.69, 9.17) is 0 Å². The van der Waals surface area contributed by atoms with Gasteiger partial charge in [-0.25, -0.2) is 4.44 Å². The number of unbranched alkanes of at least 4 members (excludes halogenated alkanes) is 6. The molecular formula is C55H91NP2Si4. The summed E-state index contributed by atoms with van der Waals surface area (Å²) in [6.45, 7) is 29.8. The van der Waals surface area contributed by atoms with Crippen LogP contribution in [0.1, 0.15) is 119 Å². The van der Waals surface area contributed by atoms with Crippen molar-refractivity contribution in [1.82, 2.24) is 4.44 Å². The number of hydrogen-bond donors (Lipinski definition) is 0. The van der Waals surface area contributed by atoms with Crippen molar-refractivity contribution in [2.45, 2.75) is 194 Å². The molecule has 342 valence electrons. The van der Waals surface area contributed by atoms with Gasteiger partial charge in [0.1, 0.15) is 0 Å². The van der Waals surface area contributed by atoms with Gasteiger partial charge in [0.05, 0.1) is 32.3 Å². The predicted molar refractivity (Wildman–Crippen MR) is 301 cm³/mol. The van der Waals surface area contributed by atoms with Gasteiger partial charge in [-0.2, -0.15) is 0 Å². The van der Waals surface area contributed by atoms with Crippen LogP contribution in [-0.4, -0.2) is 43.8 Å². The van der Waals surface area contributed by atoms with Crippen molar-refractivity contribution in [2.24, 2.45) is 0 Å². The normalized spacial score (nSPS) is 13.8. The minimum absolute atomic E-state index is 0.831. The molecule has 0 aliphatic carbocycles. The van der Waals surface area contributed by atoms with Gasteiger partial charge in [-0.05, 0) is 28.3 Å². The van der Waals surface area contributed by atoms with Gasteiger partial charge >= 0.3 is 0 Å². The Morgan fingerprint density at radius 1 is 0.371 bits per heavy atom. The maximum atomic E-state index is 2.94. The highest BCUT2D eigenvalue weighted by atomic mass is 31.2. The Labute approximate surface area is 390 Å². The molecule has 0 aromatic heterocycles. The van der Waals surface area contributed by atoms with E-state index >= 15 is 0 Å². The second-order valence-corrected chi connectivity index (χ2v) is 45.0. The third kappa shape index (κ3) is 13.8. The SMILES string of the molecule is CCCC[Si](CCCC)(CCCC)c1ccc(P(c2ccccc2[Si](C)(C)C)N(C)P(c2ccc([Si](CCCC)(CCCC)CCCC)cc2)c2ccccc2[Si](C)(C)C)cc1. The molecule has 0 radical (unpaired) electrons. The number of benzene rings is 4. The Balaban J connectivity index is 2.02. The average Bonchev–Trinajstić information content (AvgIpc) is 3.26. The van der Waals surface area contributed by atoms with Crippen molar-refractivity contribution in [2.75, 3.05) is 7.05 Å². The summed E-state index contributed by atoms with van der Waals surface area (Å²) in [7, 11) is -5.76. The molecule has 0 saturated carbocycles. The zero-order chi connectivity index (χ0) is 45.4. The van der Waals surface area contributed by atoms with Crippen LogP contribution in [0.3, 0.4) is 0 Å². The van der Waals surface area contributed by atoms with Crippen LogP contribution in [0.2, 0.25) is 75.5 Å². The summed E-state index contributed by atoms with van der Waals surface area (Å²) in [4.78, 5) is 0. The van der Waals surface area contributed by atoms with Crippen molar-refractivity contribution in [3.8, 4) is 0 Å². The molecule has 0 fully saturated rings. The predicted octanol–water partition coefficient (Wildman–Crippen LogP) is 14.2. The molecule has 0 amide bonds. The maximum Gasteiger partial charge on any atom is 0.0867 e.